The number of hydrogen-bond acceptors (Lipinski definition) is 6. The third-order valence-electron chi connectivity index (χ3n) is 2.07. The second-order valence-corrected chi connectivity index (χ2v) is 5.89. The molecule has 0 atom stereocenters. The minimum Gasteiger partial charge on any atom is -0.353 e. The molecule has 0 unspecified atom stereocenters. The summed E-state index contributed by atoms with van der Waals surface area (Å²) >= 11 is 2.72. The number of hydrogen-bond donors (Lipinski definition) is 0. The number of carbonyl (C=O) groups excluding carboxylic acids is 1. The van der Waals surface area contributed by atoms with Crippen LogP contribution in [0.5, 0.6) is 0 Å². The first kappa shape index (κ1) is 13.0. The van der Waals surface area contributed by atoms with Gasteiger partial charge in [0.25, 0.3) is 0 Å². The Morgan fingerprint density at radius 1 is 1.39 bits per heavy atom. The van der Waals surface area contributed by atoms with Crippen molar-refractivity contribution in [2.24, 2.45) is 0 Å². The molecule has 0 aliphatic heterocycles. The zero-order valence-corrected chi connectivity index (χ0v) is 11.4. The summed E-state index contributed by atoms with van der Waals surface area (Å²) in [5, 5.41) is 8.79. The first-order valence-corrected chi connectivity index (χ1v) is 6.67. The first-order valence-electron chi connectivity index (χ1n) is 5.03. The quantitative estimate of drug-likeness (QED) is 0.807. The van der Waals surface area contributed by atoms with Gasteiger partial charge in [-0.1, -0.05) is 23.1 Å². The van der Waals surface area contributed by atoms with E-state index in [1.54, 1.807) is 6.07 Å². The van der Waals surface area contributed by atoms with E-state index in [-0.39, 0.29) is 0 Å². The minimum absolute atomic E-state index is 0.321. The van der Waals surface area contributed by atoms with E-state index in [2.05, 4.69) is 10.2 Å². The van der Waals surface area contributed by atoms with Crippen LogP contribution in [0.15, 0.2) is 27.4 Å². The maximum absolute atomic E-state index is 13.0. The van der Waals surface area contributed by atoms with Gasteiger partial charge in [0.2, 0.25) is 5.13 Å². The van der Waals surface area contributed by atoms with Gasteiger partial charge < -0.3 is 4.90 Å². The van der Waals surface area contributed by atoms with E-state index in [1.807, 2.05) is 19.0 Å². The van der Waals surface area contributed by atoms with E-state index < -0.39 is 5.82 Å². The van der Waals surface area contributed by atoms with Gasteiger partial charge in [0.05, 0.1) is 0 Å². The van der Waals surface area contributed by atoms with Crippen LogP contribution in [0.25, 0.3) is 0 Å². The van der Waals surface area contributed by atoms with Crippen LogP contribution in [0.4, 0.5) is 9.52 Å². The molecule has 94 valence electrons. The van der Waals surface area contributed by atoms with Gasteiger partial charge in [-0.25, -0.2) is 4.39 Å². The van der Waals surface area contributed by atoms with Crippen molar-refractivity contribution in [1.29, 1.82) is 0 Å². The third-order valence-corrected chi connectivity index (χ3v) is 4.31. The van der Waals surface area contributed by atoms with Crippen molar-refractivity contribution < 1.29 is 9.18 Å². The summed E-state index contributed by atoms with van der Waals surface area (Å²) in [6, 6.07) is 4.10. The molecule has 0 aliphatic carbocycles. The lowest BCUT2D eigenvalue weighted by Crippen LogP contribution is -2.07. The van der Waals surface area contributed by atoms with Crippen molar-refractivity contribution in [1.82, 2.24) is 10.2 Å². The Kier molecular flexibility index (Phi) is 3.93. The number of halogens is 1. The molecule has 0 fully saturated rings. The van der Waals surface area contributed by atoms with Crippen LogP contribution in [0, 0.1) is 5.82 Å². The summed E-state index contributed by atoms with van der Waals surface area (Å²) in [5.74, 6) is -0.423. The van der Waals surface area contributed by atoms with Crippen LogP contribution in [0.3, 0.4) is 0 Å². The van der Waals surface area contributed by atoms with E-state index in [0.29, 0.717) is 21.1 Å². The van der Waals surface area contributed by atoms with Crippen molar-refractivity contribution >= 4 is 34.5 Å². The molecular formula is C11H10FN3OS2. The Morgan fingerprint density at radius 3 is 2.78 bits per heavy atom. The third kappa shape index (κ3) is 2.85. The highest BCUT2D eigenvalue weighted by molar-refractivity contribution is 8.01. The molecule has 0 amide bonds. The summed E-state index contributed by atoms with van der Waals surface area (Å²) < 4.78 is 13.7. The van der Waals surface area contributed by atoms with Crippen LogP contribution in [0.2, 0.25) is 0 Å². The Morgan fingerprint density at radius 2 is 2.17 bits per heavy atom. The molecule has 18 heavy (non-hydrogen) atoms. The Hall–Kier alpha value is -1.47. The summed E-state index contributed by atoms with van der Waals surface area (Å²) in [5.41, 5.74) is 0.321. The van der Waals surface area contributed by atoms with E-state index in [4.69, 9.17) is 0 Å². The molecule has 2 rings (SSSR count). The highest BCUT2D eigenvalue weighted by Gasteiger charge is 2.10. The lowest BCUT2D eigenvalue weighted by molar-refractivity contribution is 0.112. The Balaban J connectivity index is 2.25. The fourth-order valence-electron chi connectivity index (χ4n) is 1.22. The SMILES string of the molecule is CN(C)c1nnc(Sc2ccc(F)cc2C=O)s1. The van der Waals surface area contributed by atoms with E-state index in [9.17, 15) is 9.18 Å². The maximum Gasteiger partial charge on any atom is 0.208 e. The highest BCUT2D eigenvalue weighted by Crippen LogP contribution is 2.34. The molecule has 2 aromatic rings. The van der Waals surface area contributed by atoms with E-state index >= 15 is 0 Å². The highest BCUT2D eigenvalue weighted by atomic mass is 32.2. The maximum atomic E-state index is 13.0. The van der Waals surface area contributed by atoms with Crippen molar-refractivity contribution in [3.8, 4) is 0 Å². The number of carbonyl (C=O) groups is 1. The van der Waals surface area contributed by atoms with Gasteiger partial charge in [-0.15, -0.1) is 10.2 Å². The summed E-state index contributed by atoms with van der Waals surface area (Å²) in [7, 11) is 3.76. The average Bonchev–Trinajstić information content (AvgIpc) is 2.80. The van der Waals surface area contributed by atoms with Crippen LogP contribution in [-0.4, -0.2) is 30.6 Å². The molecule has 0 aliphatic rings. The molecule has 1 heterocycles. The molecule has 0 spiro atoms. The zero-order valence-electron chi connectivity index (χ0n) is 9.75. The molecule has 4 nitrogen and oxygen atoms in total. The second kappa shape index (κ2) is 5.45. The lowest BCUT2D eigenvalue weighted by atomic mass is 10.2. The van der Waals surface area contributed by atoms with Crippen LogP contribution >= 0.6 is 23.1 Å². The largest absolute Gasteiger partial charge is 0.353 e. The molecule has 0 N–H and O–H groups in total. The monoisotopic (exact) mass is 283 g/mol. The normalized spacial score (nSPS) is 10.4. The zero-order chi connectivity index (χ0) is 13.1. The van der Waals surface area contributed by atoms with Gasteiger partial charge >= 0.3 is 0 Å². The van der Waals surface area contributed by atoms with Gasteiger partial charge in [-0.2, -0.15) is 0 Å². The molecule has 1 aromatic carbocycles. The van der Waals surface area contributed by atoms with Gasteiger partial charge in [-0.3, -0.25) is 4.79 Å². The van der Waals surface area contributed by atoms with Crippen molar-refractivity contribution in [3.05, 3.63) is 29.6 Å². The number of aromatic nitrogens is 2. The molecular weight excluding hydrogens is 273 g/mol. The summed E-state index contributed by atoms with van der Waals surface area (Å²) in [6.45, 7) is 0. The van der Waals surface area contributed by atoms with E-state index in [0.717, 1.165) is 5.13 Å². The van der Waals surface area contributed by atoms with Crippen LogP contribution in [-0.2, 0) is 0 Å². The number of anilines is 1. The average molecular weight is 283 g/mol. The summed E-state index contributed by atoms with van der Waals surface area (Å²) in [6.07, 6.45) is 0.638. The topological polar surface area (TPSA) is 46.1 Å². The minimum atomic E-state index is -0.423. The molecule has 0 bridgehead atoms. The molecule has 0 radical (unpaired) electrons. The van der Waals surface area contributed by atoms with Crippen LogP contribution < -0.4 is 4.90 Å². The molecule has 7 heteroatoms. The van der Waals surface area contributed by atoms with Crippen molar-refractivity contribution in [3.63, 3.8) is 0 Å². The summed E-state index contributed by atoms with van der Waals surface area (Å²) in [4.78, 5) is 13.4. The number of benzene rings is 1. The van der Waals surface area contributed by atoms with Crippen molar-refractivity contribution in [2.75, 3.05) is 19.0 Å². The predicted octanol–water partition coefficient (Wildman–Crippen LogP) is 2.71. The molecule has 0 saturated carbocycles. The standard InChI is InChI=1S/C11H10FN3OS2/c1-15(2)10-13-14-11(18-10)17-9-4-3-8(12)5-7(9)6-16/h3-6H,1-2H3. The fraction of sp³-hybridized carbons (Fsp3) is 0.182. The second-order valence-electron chi connectivity index (χ2n) is 3.65. The fourth-order valence-corrected chi connectivity index (χ4v) is 3.02. The van der Waals surface area contributed by atoms with Crippen molar-refractivity contribution in [2.45, 2.75) is 9.24 Å². The predicted molar refractivity (Wildman–Crippen MR) is 70.1 cm³/mol. The molecule has 0 saturated heterocycles. The van der Waals surface area contributed by atoms with Gasteiger partial charge in [0.15, 0.2) is 10.6 Å². The van der Waals surface area contributed by atoms with Crippen LogP contribution in [0.1, 0.15) is 10.4 Å². The molecule has 1 aromatic heterocycles. The van der Waals surface area contributed by atoms with Gasteiger partial charge in [0, 0.05) is 24.6 Å². The number of nitrogens with zero attached hydrogens (tertiary/aromatic N) is 3. The Labute approximate surface area is 112 Å². The van der Waals surface area contributed by atoms with Gasteiger partial charge in [0.1, 0.15) is 5.82 Å². The lowest BCUT2D eigenvalue weighted by Gasteiger charge is -2.04. The van der Waals surface area contributed by atoms with Gasteiger partial charge in [-0.05, 0) is 18.2 Å². The number of rotatable bonds is 4. The Bertz CT molecular complexity index is 571. The van der Waals surface area contributed by atoms with E-state index in [1.165, 1.54) is 35.2 Å². The number of aldehydes is 1. The smallest absolute Gasteiger partial charge is 0.208 e. The first-order chi connectivity index (χ1) is 8.60.